The molecule has 0 spiro atoms. The summed E-state index contributed by atoms with van der Waals surface area (Å²) < 4.78 is 0. The number of carbonyl (C=O) groups excluding carboxylic acids is 1. The van der Waals surface area contributed by atoms with E-state index in [2.05, 4.69) is 6.07 Å². The van der Waals surface area contributed by atoms with Crippen LogP contribution in [-0.2, 0) is 12.8 Å². The van der Waals surface area contributed by atoms with E-state index < -0.39 is 0 Å². The van der Waals surface area contributed by atoms with Crippen LogP contribution in [0.25, 0.3) is 0 Å². The van der Waals surface area contributed by atoms with Crippen LogP contribution in [0.4, 0.5) is 0 Å². The third kappa shape index (κ3) is 2.91. The zero-order valence-corrected chi connectivity index (χ0v) is 11.0. The zero-order valence-electron chi connectivity index (χ0n) is 11.0. The first-order valence-electron chi connectivity index (χ1n) is 6.70. The number of carbonyl (C=O) groups is 1. The Kier molecular flexibility index (Phi) is 4.37. The lowest BCUT2D eigenvalue weighted by Gasteiger charge is -2.20. The number of amides is 1. The normalized spacial score (nSPS) is 14.1. The lowest BCUT2D eigenvalue weighted by atomic mass is 9.90. The molecule has 1 aliphatic rings. The van der Waals surface area contributed by atoms with E-state index in [1.54, 1.807) is 11.9 Å². The van der Waals surface area contributed by atoms with Gasteiger partial charge in [0.05, 0.1) is 0 Å². The van der Waals surface area contributed by atoms with E-state index in [4.69, 9.17) is 5.11 Å². The molecule has 0 fully saturated rings. The van der Waals surface area contributed by atoms with Gasteiger partial charge in [0.15, 0.2) is 0 Å². The number of rotatable bonds is 4. The molecule has 1 N–H and O–H groups in total. The number of hydrogen-bond acceptors (Lipinski definition) is 2. The van der Waals surface area contributed by atoms with Gasteiger partial charge in [-0.2, -0.15) is 0 Å². The molecule has 3 heteroatoms. The van der Waals surface area contributed by atoms with E-state index in [0.29, 0.717) is 13.0 Å². The van der Waals surface area contributed by atoms with E-state index in [1.165, 1.54) is 24.0 Å². The average Bonchev–Trinajstić information content (AvgIpc) is 2.43. The summed E-state index contributed by atoms with van der Waals surface area (Å²) in [6.45, 7) is 0.730. The minimum atomic E-state index is 0.0526. The Morgan fingerprint density at radius 1 is 1.28 bits per heavy atom. The molecule has 0 radical (unpaired) electrons. The summed E-state index contributed by atoms with van der Waals surface area (Å²) in [6, 6.07) is 6.08. The molecular formula is C15H21NO2. The standard InChI is InChI=1S/C15H21NO2/c1-16(9-4-10-17)15(18)14-8-7-12-5-2-3-6-13(12)11-14/h7-8,11,17H,2-6,9-10H2,1H3. The van der Waals surface area contributed by atoms with Crippen LogP contribution in [0.1, 0.15) is 40.7 Å². The van der Waals surface area contributed by atoms with E-state index >= 15 is 0 Å². The monoisotopic (exact) mass is 247 g/mol. The van der Waals surface area contributed by atoms with Gasteiger partial charge in [-0.3, -0.25) is 4.79 Å². The molecule has 0 saturated carbocycles. The van der Waals surface area contributed by atoms with Crippen molar-refractivity contribution in [3.63, 3.8) is 0 Å². The van der Waals surface area contributed by atoms with Crippen molar-refractivity contribution >= 4 is 5.91 Å². The molecule has 1 aliphatic carbocycles. The highest BCUT2D eigenvalue weighted by molar-refractivity contribution is 5.94. The minimum absolute atomic E-state index is 0.0526. The zero-order chi connectivity index (χ0) is 13.0. The quantitative estimate of drug-likeness (QED) is 0.884. The molecule has 1 aromatic rings. The fraction of sp³-hybridized carbons (Fsp3) is 0.533. The van der Waals surface area contributed by atoms with Crippen LogP contribution in [-0.4, -0.2) is 36.1 Å². The summed E-state index contributed by atoms with van der Waals surface area (Å²) in [5.41, 5.74) is 3.51. The van der Waals surface area contributed by atoms with Crippen molar-refractivity contribution in [2.24, 2.45) is 0 Å². The molecule has 0 unspecified atom stereocenters. The van der Waals surface area contributed by atoms with Gasteiger partial charge in [-0.15, -0.1) is 0 Å². The van der Waals surface area contributed by atoms with Gasteiger partial charge >= 0.3 is 0 Å². The van der Waals surface area contributed by atoms with Crippen LogP contribution >= 0.6 is 0 Å². The molecule has 0 aromatic heterocycles. The molecule has 1 amide bonds. The van der Waals surface area contributed by atoms with Crippen molar-refractivity contribution in [2.75, 3.05) is 20.2 Å². The van der Waals surface area contributed by atoms with Gasteiger partial charge in [0, 0.05) is 25.8 Å². The van der Waals surface area contributed by atoms with Crippen molar-refractivity contribution in [3.05, 3.63) is 34.9 Å². The second-order valence-electron chi connectivity index (χ2n) is 4.99. The van der Waals surface area contributed by atoms with E-state index in [0.717, 1.165) is 18.4 Å². The summed E-state index contributed by atoms with van der Waals surface area (Å²) in [5, 5.41) is 8.79. The number of aliphatic hydroxyl groups excluding tert-OH is 1. The van der Waals surface area contributed by atoms with Crippen molar-refractivity contribution in [2.45, 2.75) is 32.1 Å². The molecule has 2 rings (SSSR count). The fourth-order valence-electron chi connectivity index (χ4n) is 2.50. The van der Waals surface area contributed by atoms with Crippen LogP contribution in [0.5, 0.6) is 0 Å². The van der Waals surface area contributed by atoms with Gasteiger partial charge in [0.1, 0.15) is 0 Å². The second-order valence-corrected chi connectivity index (χ2v) is 4.99. The smallest absolute Gasteiger partial charge is 0.253 e. The van der Waals surface area contributed by atoms with Gasteiger partial charge in [0.25, 0.3) is 5.91 Å². The Hall–Kier alpha value is -1.35. The van der Waals surface area contributed by atoms with E-state index in [-0.39, 0.29) is 12.5 Å². The molecule has 0 saturated heterocycles. The van der Waals surface area contributed by atoms with Gasteiger partial charge in [-0.25, -0.2) is 0 Å². The van der Waals surface area contributed by atoms with E-state index in [1.807, 2.05) is 12.1 Å². The maximum Gasteiger partial charge on any atom is 0.253 e. The molecule has 1 aromatic carbocycles. The molecule has 0 heterocycles. The lowest BCUT2D eigenvalue weighted by molar-refractivity contribution is 0.0786. The van der Waals surface area contributed by atoms with Gasteiger partial charge in [-0.1, -0.05) is 6.07 Å². The first kappa shape index (κ1) is 13.1. The highest BCUT2D eigenvalue weighted by atomic mass is 16.3. The third-order valence-electron chi connectivity index (χ3n) is 3.59. The number of benzene rings is 1. The predicted octanol–water partition coefficient (Wildman–Crippen LogP) is 2.02. The SMILES string of the molecule is CN(CCCO)C(=O)c1ccc2c(c1)CCCC2. The topological polar surface area (TPSA) is 40.5 Å². The number of fused-ring (bicyclic) bond motifs is 1. The molecule has 18 heavy (non-hydrogen) atoms. The number of hydrogen-bond donors (Lipinski definition) is 1. The first-order chi connectivity index (χ1) is 8.72. The Balaban J connectivity index is 2.10. The van der Waals surface area contributed by atoms with Crippen LogP contribution in [0.15, 0.2) is 18.2 Å². The molecule has 0 bridgehead atoms. The third-order valence-corrected chi connectivity index (χ3v) is 3.59. The Morgan fingerprint density at radius 2 is 2.00 bits per heavy atom. The molecule has 0 atom stereocenters. The Labute approximate surface area is 108 Å². The van der Waals surface area contributed by atoms with Crippen molar-refractivity contribution in [1.82, 2.24) is 4.90 Å². The van der Waals surface area contributed by atoms with Crippen molar-refractivity contribution in [3.8, 4) is 0 Å². The Bertz CT molecular complexity index is 429. The summed E-state index contributed by atoms with van der Waals surface area (Å²) in [4.78, 5) is 13.9. The predicted molar refractivity (Wildman–Crippen MR) is 71.7 cm³/mol. The summed E-state index contributed by atoms with van der Waals surface area (Å²) in [5.74, 6) is 0.0526. The molecule has 3 nitrogen and oxygen atoms in total. The number of aryl methyl sites for hydroxylation is 2. The Morgan fingerprint density at radius 3 is 2.72 bits per heavy atom. The van der Waals surface area contributed by atoms with Gasteiger partial charge in [-0.05, 0) is 55.4 Å². The van der Waals surface area contributed by atoms with Gasteiger partial charge < -0.3 is 10.0 Å². The summed E-state index contributed by atoms with van der Waals surface area (Å²) in [6.07, 6.45) is 5.36. The number of aliphatic hydroxyl groups is 1. The highest BCUT2D eigenvalue weighted by Crippen LogP contribution is 2.22. The molecular weight excluding hydrogens is 226 g/mol. The maximum absolute atomic E-state index is 12.2. The van der Waals surface area contributed by atoms with Crippen molar-refractivity contribution < 1.29 is 9.90 Å². The summed E-state index contributed by atoms with van der Waals surface area (Å²) >= 11 is 0. The van der Waals surface area contributed by atoms with Crippen LogP contribution < -0.4 is 0 Å². The average molecular weight is 247 g/mol. The second kappa shape index (κ2) is 6.01. The van der Waals surface area contributed by atoms with Crippen LogP contribution in [0.3, 0.4) is 0 Å². The maximum atomic E-state index is 12.2. The first-order valence-corrected chi connectivity index (χ1v) is 6.70. The van der Waals surface area contributed by atoms with Gasteiger partial charge in [0.2, 0.25) is 0 Å². The highest BCUT2D eigenvalue weighted by Gasteiger charge is 2.15. The molecule has 0 aliphatic heterocycles. The van der Waals surface area contributed by atoms with Crippen LogP contribution in [0, 0.1) is 0 Å². The fourth-order valence-corrected chi connectivity index (χ4v) is 2.50. The minimum Gasteiger partial charge on any atom is -0.396 e. The lowest BCUT2D eigenvalue weighted by Crippen LogP contribution is -2.28. The van der Waals surface area contributed by atoms with E-state index in [9.17, 15) is 4.79 Å². The molecule has 98 valence electrons. The van der Waals surface area contributed by atoms with Crippen LogP contribution in [0.2, 0.25) is 0 Å². The van der Waals surface area contributed by atoms with Crippen molar-refractivity contribution in [1.29, 1.82) is 0 Å². The number of nitrogens with zero attached hydrogens (tertiary/aromatic N) is 1. The largest absolute Gasteiger partial charge is 0.396 e. The summed E-state index contributed by atoms with van der Waals surface area (Å²) in [7, 11) is 1.79.